The fourth-order valence-corrected chi connectivity index (χ4v) is 2.50. The Balaban J connectivity index is 2.03. The number of phenols is 1. The maximum absolute atomic E-state index is 12.0. The smallest absolute Gasteiger partial charge is 0.242 e. The molecular formula is C14H16N2O2S. The monoisotopic (exact) mass is 276 g/mol. The number of aromatic hydroxyl groups is 1. The molecule has 0 bridgehead atoms. The zero-order valence-electron chi connectivity index (χ0n) is 10.5. The summed E-state index contributed by atoms with van der Waals surface area (Å²) in [6, 6.07) is 9.66. The molecular weight excluding hydrogens is 260 g/mol. The van der Waals surface area contributed by atoms with Crippen LogP contribution in [0.15, 0.2) is 41.8 Å². The lowest BCUT2D eigenvalue weighted by Crippen LogP contribution is -2.35. The number of benzene rings is 1. The first-order chi connectivity index (χ1) is 9.08. The molecule has 2 atom stereocenters. The number of carbonyl (C=O) groups excluding carboxylic acids is 1. The van der Waals surface area contributed by atoms with E-state index in [-0.39, 0.29) is 17.7 Å². The van der Waals surface area contributed by atoms with Crippen molar-refractivity contribution in [3.8, 4) is 5.75 Å². The van der Waals surface area contributed by atoms with Gasteiger partial charge in [-0.1, -0.05) is 18.2 Å². The average molecular weight is 276 g/mol. The third kappa shape index (κ3) is 3.33. The second-order valence-corrected chi connectivity index (χ2v) is 5.30. The van der Waals surface area contributed by atoms with Crippen molar-refractivity contribution in [2.24, 2.45) is 5.73 Å². The predicted octanol–water partition coefficient (Wildman–Crippen LogP) is 2.33. The van der Waals surface area contributed by atoms with Gasteiger partial charge < -0.3 is 16.2 Å². The van der Waals surface area contributed by atoms with Crippen LogP contribution in [0.1, 0.15) is 29.4 Å². The maximum atomic E-state index is 12.0. The van der Waals surface area contributed by atoms with Gasteiger partial charge in [-0.05, 0) is 36.1 Å². The van der Waals surface area contributed by atoms with Crippen molar-refractivity contribution in [2.45, 2.75) is 19.0 Å². The van der Waals surface area contributed by atoms with Crippen LogP contribution >= 0.6 is 11.3 Å². The first kappa shape index (κ1) is 13.6. The van der Waals surface area contributed by atoms with E-state index >= 15 is 0 Å². The van der Waals surface area contributed by atoms with E-state index in [1.54, 1.807) is 18.2 Å². The Morgan fingerprint density at radius 2 is 2.16 bits per heavy atom. The van der Waals surface area contributed by atoms with E-state index in [0.717, 1.165) is 10.4 Å². The summed E-state index contributed by atoms with van der Waals surface area (Å²) in [6.07, 6.45) is 0. The van der Waals surface area contributed by atoms with Crippen LogP contribution in [0.25, 0.3) is 0 Å². The number of thiophene rings is 1. The van der Waals surface area contributed by atoms with Crippen LogP contribution in [0.2, 0.25) is 0 Å². The van der Waals surface area contributed by atoms with E-state index in [4.69, 9.17) is 5.73 Å². The van der Waals surface area contributed by atoms with Crippen molar-refractivity contribution in [1.29, 1.82) is 0 Å². The highest BCUT2D eigenvalue weighted by Gasteiger charge is 2.19. The van der Waals surface area contributed by atoms with Gasteiger partial charge in [-0.15, -0.1) is 11.3 Å². The Hall–Kier alpha value is -1.85. The quantitative estimate of drug-likeness (QED) is 0.802. The highest BCUT2D eigenvalue weighted by molar-refractivity contribution is 7.10. The summed E-state index contributed by atoms with van der Waals surface area (Å²) in [5.74, 6) is -0.0422. The first-order valence-electron chi connectivity index (χ1n) is 5.96. The molecule has 0 aliphatic carbocycles. The van der Waals surface area contributed by atoms with Gasteiger partial charge in [0.25, 0.3) is 0 Å². The molecule has 0 aliphatic heterocycles. The number of rotatable bonds is 4. The molecule has 0 radical (unpaired) electrons. The number of nitrogens with two attached hydrogens (primary N) is 1. The summed E-state index contributed by atoms with van der Waals surface area (Å²) in [5.41, 5.74) is 6.73. The minimum atomic E-state index is -0.653. The molecule has 0 fully saturated rings. The summed E-state index contributed by atoms with van der Waals surface area (Å²) in [5, 5.41) is 14.2. The third-order valence-corrected chi connectivity index (χ3v) is 3.82. The van der Waals surface area contributed by atoms with E-state index in [1.807, 2.05) is 30.5 Å². The average Bonchev–Trinajstić information content (AvgIpc) is 2.91. The van der Waals surface area contributed by atoms with E-state index in [1.165, 1.54) is 11.3 Å². The van der Waals surface area contributed by atoms with Crippen LogP contribution in [0.4, 0.5) is 0 Å². The van der Waals surface area contributed by atoms with E-state index in [0.29, 0.717) is 0 Å². The lowest BCUT2D eigenvalue weighted by molar-refractivity contribution is -0.123. The predicted molar refractivity (Wildman–Crippen MR) is 75.9 cm³/mol. The number of hydrogen-bond donors (Lipinski definition) is 3. The fourth-order valence-electron chi connectivity index (χ4n) is 1.78. The molecule has 4 nitrogen and oxygen atoms in total. The van der Waals surface area contributed by atoms with Crippen molar-refractivity contribution in [3.63, 3.8) is 0 Å². The SMILES string of the molecule is CC(NC(=O)C(N)c1cccs1)c1cccc(O)c1. The lowest BCUT2D eigenvalue weighted by atomic mass is 10.1. The molecule has 2 unspecified atom stereocenters. The molecule has 100 valence electrons. The Bertz CT molecular complexity index is 554. The Kier molecular flexibility index (Phi) is 4.19. The third-order valence-electron chi connectivity index (χ3n) is 2.86. The largest absolute Gasteiger partial charge is 0.508 e. The Morgan fingerprint density at radius 1 is 1.37 bits per heavy atom. The minimum Gasteiger partial charge on any atom is -0.508 e. The summed E-state index contributed by atoms with van der Waals surface area (Å²) < 4.78 is 0. The Labute approximate surface area is 115 Å². The van der Waals surface area contributed by atoms with Gasteiger partial charge in [0, 0.05) is 4.88 Å². The topological polar surface area (TPSA) is 75.4 Å². The maximum Gasteiger partial charge on any atom is 0.242 e. The zero-order chi connectivity index (χ0) is 13.8. The molecule has 2 rings (SSSR count). The molecule has 1 heterocycles. The molecule has 2 aromatic rings. The first-order valence-corrected chi connectivity index (χ1v) is 6.84. The molecule has 1 aromatic heterocycles. The number of nitrogens with one attached hydrogen (secondary N) is 1. The highest BCUT2D eigenvalue weighted by atomic mass is 32.1. The van der Waals surface area contributed by atoms with Crippen molar-refractivity contribution in [2.75, 3.05) is 0 Å². The minimum absolute atomic E-state index is 0.182. The fraction of sp³-hybridized carbons (Fsp3) is 0.214. The van der Waals surface area contributed by atoms with Gasteiger partial charge in [0.05, 0.1) is 6.04 Å². The van der Waals surface area contributed by atoms with Crippen LogP contribution in [-0.2, 0) is 4.79 Å². The number of amides is 1. The van der Waals surface area contributed by atoms with Gasteiger partial charge in [-0.3, -0.25) is 4.79 Å². The van der Waals surface area contributed by atoms with Gasteiger partial charge in [0.15, 0.2) is 0 Å². The normalized spacial score (nSPS) is 13.8. The second kappa shape index (κ2) is 5.86. The summed E-state index contributed by atoms with van der Waals surface area (Å²) in [6.45, 7) is 1.85. The molecule has 4 N–H and O–H groups in total. The van der Waals surface area contributed by atoms with Gasteiger partial charge in [-0.25, -0.2) is 0 Å². The van der Waals surface area contributed by atoms with E-state index < -0.39 is 6.04 Å². The van der Waals surface area contributed by atoms with Crippen molar-refractivity contribution < 1.29 is 9.90 Å². The number of carbonyl (C=O) groups is 1. The molecule has 0 saturated carbocycles. The van der Waals surface area contributed by atoms with E-state index in [9.17, 15) is 9.90 Å². The highest BCUT2D eigenvalue weighted by Crippen LogP contribution is 2.20. The van der Waals surface area contributed by atoms with Crippen LogP contribution in [-0.4, -0.2) is 11.0 Å². The van der Waals surface area contributed by atoms with Gasteiger partial charge in [0.1, 0.15) is 11.8 Å². The number of hydrogen-bond acceptors (Lipinski definition) is 4. The van der Waals surface area contributed by atoms with Crippen LogP contribution < -0.4 is 11.1 Å². The summed E-state index contributed by atoms with van der Waals surface area (Å²) in [7, 11) is 0. The zero-order valence-corrected chi connectivity index (χ0v) is 11.4. The summed E-state index contributed by atoms with van der Waals surface area (Å²) >= 11 is 1.46. The van der Waals surface area contributed by atoms with Crippen LogP contribution in [0.3, 0.4) is 0 Å². The van der Waals surface area contributed by atoms with Gasteiger partial charge in [0.2, 0.25) is 5.91 Å². The van der Waals surface area contributed by atoms with Crippen molar-refractivity contribution in [3.05, 3.63) is 52.2 Å². The van der Waals surface area contributed by atoms with Gasteiger partial charge >= 0.3 is 0 Å². The molecule has 1 amide bonds. The molecule has 5 heteroatoms. The van der Waals surface area contributed by atoms with Gasteiger partial charge in [-0.2, -0.15) is 0 Å². The molecule has 0 aliphatic rings. The number of phenolic OH excluding ortho intramolecular Hbond substituents is 1. The Morgan fingerprint density at radius 3 is 2.79 bits per heavy atom. The molecule has 0 spiro atoms. The lowest BCUT2D eigenvalue weighted by Gasteiger charge is -2.17. The van der Waals surface area contributed by atoms with Crippen LogP contribution in [0.5, 0.6) is 5.75 Å². The molecule has 19 heavy (non-hydrogen) atoms. The standard InChI is InChI=1S/C14H16N2O2S/c1-9(10-4-2-5-11(17)8-10)16-14(18)13(15)12-6-3-7-19-12/h2-9,13,17H,15H2,1H3,(H,16,18). The van der Waals surface area contributed by atoms with E-state index in [2.05, 4.69) is 5.32 Å². The molecule has 1 aromatic carbocycles. The second-order valence-electron chi connectivity index (χ2n) is 4.32. The summed E-state index contributed by atoms with van der Waals surface area (Å²) in [4.78, 5) is 12.9. The van der Waals surface area contributed by atoms with Crippen molar-refractivity contribution >= 4 is 17.2 Å². The van der Waals surface area contributed by atoms with Crippen LogP contribution in [0, 0.1) is 0 Å². The van der Waals surface area contributed by atoms with Crippen molar-refractivity contribution in [1.82, 2.24) is 5.32 Å². The molecule has 0 saturated heterocycles.